The zero-order valence-electron chi connectivity index (χ0n) is 13.2. The number of methoxy groups -OCH3 is 1. The minimum atomic E-state index is -4.66. The van der Waals surface area contributed by atoms with Gasteiger partial charge in [0.1, 0.15) is 11.6 Å². The molecule has 4 N–H and O–H groups in total. The Balaban J connectivity index is 4.50. The van der Waals surface area contributed by atoms with Crippen LogP contribution in [0.1, 0.15) is 34.1 Å². The first-order chi connectivity index (χ1) is 9.28. The van der Waals surface area contributed by atoms with Gasteiger partial charge in [-0.05, 0) is 25.7 Å². The highest BCUT2D eigenvalue weighted by molar-refractivity contribution is 7.46. The molecule has 0 aliphatic carbocycles. The molecule has 1 unspecified atom stereocenters. The van der Waals surface area contributed by atoms with Crippen molar-refractivity contribution >= 4 is 13.8 Å². The molecule has 0 saturated heterocycles. The second kappa shape index (κ2) is 7.67. The lowest BCUT2D eigenvalue weighted by Gasteiger charge is -2.34. The highest BCUT2D eigenvalue weighted by Crippen LogP contribution is 2.36. The van der Waals surface area contributed by atoms with Crippen LogP contribution >= 0.6 is 7.82 Å². The first-order valence-corrected chi connectivity index (χ1v) is 7.98. The third kappa shape index (κ3) is 9.95. The average Bonchev–Trinajstić information content (AvgIpc) is 2.21. The first kappa shape index (κ1) is 20.5. The van der Waals surface area contributed by atoms with Gasteiger partial charge in [0.15, 0.2) is 0 Å². The van der Waals surface area contributed by atoms with Gasteiger partial charge >= 0.3 is 13.8 Å². The number of ether oxygens (including phenoxy) is 2. The quantitative estimate of drug-likeness (QED) is 0.419. The lowest BCUT2D eigenvalue weighted by Crippen LogP contribution is -2.43. The molecule has 0 aliphatic rings. The summed E-state index contributed by atoms with van der Waals surface area (Å²) < 4.78 is 25.1. The molecule has 1 atom stereocenters. The van der Waals surface area contributed by atoms with Gasteiger partial charge in [-0.3, -0.25) is 9.32 Å². The third-order valence-electron chi connectivity index (χ3n) is 2.54. The predicted molar refractivity (Wildman–Crippen MR) is 76.4 cm³/mol. The lowest BCUT2D eigenvalue weighted by atomic mass is 9.82. The Kier molecular flexibility index (Phi) is 7.49. The standard InChI is InChI=1S/C12H26NO7P/c1-11(2,8-18-5)7-12(3,4)20-10(14)9(13)6-19-21(15,16)17/h9H,6-8,13H2,1-5H3,(H2,15,16,17). The average molecular weight is 327 g/mol. The molecular weight excluding hydrogens is 301 g/mol. The molecule has 0 saturated carbocycles. The number of carbonyl (C=O) groups excluding carboxylic acids is 1. The van der Waals surface area contributed by atoms with E-state index in [0.717, 1.165) is 0 Å². The summed E-state index contributed by atoms with van der Waals surface area (Å²) in [5.74, 6) is -0.776. The molecule has 0 spiro atoms. The minimum Gasteiger partial charge on any atom is -0.458 e. The summed E-state index contributed by atoms with van der Waals surface area (Å²) in [5.41, 5.74) is 4.49. The number of hydrogen-bond donors (Lipinski definition) is 3. The van der Waals surface area contributed by atoms with Gasteiger partial charge in [-0.2, -0.15) is 0 Å². The van der Waals surface area contributed by atoms with Crippen LogP contribution < -0.4 is 5.73 Å². The van der Waals surface area contributed by atoms with Crippen LogP contribution in [0.4, 0.5) is 0 Å². The molecule has 9 heteroatoms. The summed E-state index contributed by atoms with van der Waals surface area (Å²) in [6.07, 6.45) is 0.533. The van der Waals surface area contributed by atoms with Crippen LogP contribution in [0.25, 0.3) is 0 Å². The van der Waals surface area contributed by atoms with E-state index in [1.165, 1.54) is 0 Å². The van der Waals surface area contributed by atoms with E-state index in [1.807, 2.05) is 13.8 Å². The number of rotatable bonds is 9. The van der Waals surface area contributed by atoms with E-state index in [-0.39, 0.29) is 5.41 Å². The molecule has 0 rings (SSSR count). The zero-order valence-corrected chi connectivity index (χ0v) is 14.1. The van der Waals surface area contributed by atoms with E-state index in [4.69, 9.17) is 25.0 Å². The lowest BCUT2D eigenvalue weighted by molar-refractivity contribution is -0.162. The summed E-state index contributed by atoms with van der Waals surface area (Å²) in [6.45, 7) is 7.31. The van der Waals surface area contributed by atoms with Crippen LogP contribution in [0.5, 0.6) is 0 Å². The molecule has 0 heterocycles. The van der Waals surface area contributed by atoms with Gasteiger partial charge in [0, 0.05) is 7.11 Å². The molecule has 126 valence electrons. The smallest absolute Gasteiger partial charge is 0.458 e. The fourth-order valence-electron chi connectivity index (χ4n) is 2.22. The summed E-state index contributed by atoms with van der Waals surface area (Å²) in [5, 5.41) is 0. The van der Waals surface area contributed by atoms with Gasteiger partial charge < -0.3 is 25.0 Å². The topological polar surface area (TPSA) is 128 Å². The fraction of sp³-hybridized carbons (Fsp3) is 0.917. The van der Waals surface area contributed by atoms with Crippen LogP contribution in [-0.4, -0.2) is 47.7 Å². The Hall–Kier alpha value is -0.500. The monoisotopic (exact) mass is 327 g/mol. The van der Waals surface area contributed by atoms with Gasteiger partial charge in [0.05, 0.1) is 13.2 Å². The third-order valence-corrected chi connectivity index (χ3v) is 3.03. The van der Waals surface area contributed by atoms with E-state index in [2.05, 4.69) is 4.52 Å². The van der Waals surface area contributed by atoms with Gasteiger partial charge in [-0.1, -0.05) is 13.8 Å². The highest BCUT2D eigenvalue weighted by atomic mass is 31.2. The number of carbonyl (C=O) groups is 1. The number of phosphoric ester groups is 1. The molecule has 0 aliphatic heterocycles. The summed E-state index contributed by atoms with van der Waals surface area (Å²) in [6, 6.07) is -1.26. The molecule has 8 nitrogen and oxygen atoms in total. The molecule has 21 heavy (non-hydrogen) atoms. The fourth-order valence-corrected chi connectivity index (χ4v) is 2.58. The maximum Gasteiger partial charge on any atom is 0.469 e. The van der Waals surface area contributed by atoms with E-state index < -0.39 is 32.0 Å². The van der Waals surface area contributed by atoms with Crippen LogP contribution in [0.3, 0.4) is 0 Å². The van der Waals surface area contributed by atoms with Crippen LogP contribution in [0.15, 0.2) is 0 Å². The Morgan fingerprint density at radius 2 is 1.81 bits per heavy atom. The van der Waals surface area contributed by atoms with Gasteiger partial charge in [-0.25, -0.2) is 4.57 Å². The number of nitrogens with two attached hydrogens (primary N) is 1. The predicted octanol–water partition coefficient (Wildman–Crippen LogP) is 0.808. The van der Waals surface area contributed by atoms with Gasteiger partial charge in [-0.15, -0.1) is 0 Å². The maximum absolute atomic E-state index is 11.8. The van der Waals surface area contributed by atoms with E-state index in [0.29, 0.717) is 13.0 Å². The Morgan fingerprint density at radius 1 is 1.29 bits per heavy atom. The second-order valence-corrected chi connectivity index (χ2v) is 7.59. The van der Waals surface area contributed by atoms with Gasteiger partial charge in [0.25, 0.3) is 0 Å². The van der Waals surface area contributed by atoms with Gasteiger partial charge in [0.2, 0.25) is 0 Å². The molecule has 0 bridgehead atoms. The Bertz CT molecular complexity index is 391. The summed E-state index contributed by atoms with van der Waals surface area (Å²) >= 11 is 0. The van der Waals surface area contributed by atoms with Crippen molar-refractivity contribution in [3.63, 3.8) is 0 Å². The number of phosphoric acid groups is 1. The maximum atomic E-state index is 11.8. The molecule has 0 fully saturated rings. The van der Waals surface area contributed by atoms with Crippen molar-refractivity contribution in [2.75, 3.05) is 20.3 Å². The van der Waals surface area contributed by atoms with E-state index in [1.54, 1.807) is 21.0 Å². The summed E-state index contributed by atoms with van der Waals surface area (Å²) in [7, 11) is -3.06. The van der Waals surface area contributed by atoms with Crippen LogP contribution in [-0.2, 0) is 23.4 Å². The Labute approximate surface area is 125 Å². The normalized spacial score (nSPS) is 14.9. The van der Waals surface area contributed by atoms with Crippen molar-refractivity contribution in [1.29, 1.82) is 0 Å². The summed E-state index contributed by atoms with van der Waals surface area (Å²) in [4.78, 5) is 28.9. The molecule has 0 amide bonds. The Morgan fingerprint density at radius 3 is 2.24 bits per heavy atom. The van der Waals surface area contributed by atoms with E-state index >= 15 is 0 Å². The van der Waals surface area contributed by atoms with Crippen molar-refractivity contribution in [3.8, 4) is 0 Å². The van der Waals surface area contributed by atoms with Crippen molar-refractivity contribution < 1.29 is 33.1 Å². The molecule has 0 aromatic heterocycles. The second-order valence-electron chi connectivity index (χ2n) is 6.35. The van der Waals surface area contributed by atoms with Crippen molar-refractivity contribution in [2.45, 2.75) is 45.8 Å². The van der Waals surface area contributed by atoms with Crippen molar-refractivity contribution in [1.82, 2.24) is 0 Å². The zero-order chi connectivity index (χ0) is 16.9. The first-order valence-electron chi connectivity index (χ1n) is 6.45. The number of esters is 1. The molecule has 0 aromatic rings. The van der Waals surface area contributed by atoms with Crippen LogP contribution in [0.2, 0.25) is 0 Å². The largest absolute Gasteiger partial charge is 0.469 e. The molecule has 0 radical (unpaired) electrons. The molecule has 0 aromatic carbocycles. The van der Waals surface area contributed by atoms with Crippen molar-refractivity contribution in [3.05, 3.63) is 0 Å². The van der Waals surface area contributed by atoms with Crippen LogP contribution in [0, 0.1) is 5.41 Å². The van der Waals surface area contributed by atoms with Crippen molar-refractivity contribution in [2.24, 2.45) is 11.1 Å². The highest BCUT2D eigenvalue weighted by Gasteiger charge is 2.33. The SMILES string of the molecule is COCC(C)(C)CC(C)(C)OC(=O)C(N)COP(=O)(O)O. The minimum absolute atomic E-state index is 0.203. The molecular formula is C12H26NO7P. The van der Waals surface area contributed by atoms with E-state index in [9.17, 15) is 9.36 Å². The number of hydrogen-bond acceptors (Lipinski definition) is 6.